The first kappa shape index (κ1) is 16.2. The molecule has 22 heavy (non-hydrogen) atoms. The molecule has 0 aliphatic heterocycles. The highest BCUT2D eigenvalue weighted by Gasteiger charge is 2.02. The molecule has 0 atom stereocenters. The Bertz CT molecular complexity index is 596. The monoisotopic (exact) mass is 298 g/mol. The fourth-order valence-corrected chi connectivity index (χ4v) is 2.56. The number of hydrogen-bond acceptors (Lipinski definition) is 3. The van der Waals surface area contributed by atoms with Gasteiger partial charge in [-0.3, -0.25) is 0 Å². The quantitative estimate of drug-likeness (QED) is 0.565. The summed E-state index contributed by atoms with van der Waals surface area (Å²) < 4.78 is 5.46. The molecule has 0 amide bonds. The van der Waals surface area contributed by atoms with Crippen molar-refractivity contribution in [2.45, 2.75) is 33.1 Å². The lowest BCUT2D eigenvalue weighted by Gasteiger charge is -2.11. The topological polar surface area (TPSA) is 47.3 Å². The third kappa shape index (κ3) is 4.42. The minimum absolute atomic E-state index is 0.643. The number of hydrogen-bond donors (Lipinski definition) is 2. The van der Waals surface area contributed by atoms with E-state index in [4.69, 9.17) is 10.5 Å². The smallest absolute Gasteiger partial charge is 0.142 e. The maximum atomic E-state index is 6.00. The first-order valence-electron chi connectivity index (χ1n) is 8.07. The fourth-order valence-electron chi connectivity index (χ4n) is 2.56. The van der Waals surface area contributed by atoms with E-state index < -0.39 is 0 Å². The molecule has 0 aromatic heterocycles. The van der Waals surface area contributed by atoms with Crippen molar-refractivity contribution in [1.82, 2.24) is 0 Å². The zero-order valence-corrected chi connectivity index (χ0v) is 13.6. The molecule has 0 unspecified atom stereocenters. The molecule has 2 aromatic rings. The maximum Gasteiger partial charge on any atom is 0.142 e. The van der Waals surface area contributed by atoms with Crippen molar-refractivity contribution in [3.63, 3.8) is 0 Å². The summed E-state index contributed by atoms with van der Waals surface area (Å²) in [6.07, 6.45) is 3.14. The van der Waals surface area contributed by atoms with Gasteiger partial charge in [0.15, 0.2) is 0 Å². The van der Waals surface area contributed by atoms with Gasteiger partial charge in [0.25, 0.3) is 0 Å². The lowest BCUT2D eigenvalue weighted by molar-refractivity contribution is 0.342. The zero-order valence-electron chi connectivity index (χ0n) is 13.6. The number of aryl methyl sites for hydroxylation is 2. The molecular weight excluding hydrogens is 272 g/mol. The van der Waals surface area contributed by atoms with Crippen LogP contribution in [0.4, 0.5) is 11.4 Å². The second-order valence-electron chi connectivity index (χ2n) is 5.35. The van der Waals surface area contributed by atoms with E-state index in [1.807, 2.05) is 19.1 Å². The van der Waals surface area contributed by atoms with Crippen LogP contribution in [0, 0.1) is 0 Å². The van der Waals surface area contributed by atoms with E-state index in [-0.39, 0.29) is 0 Å². The van der Waals surface area contributed by atoms with Gasteiger partial charge < -0.3 is 15.8 Å². The molecule has 0 saturated heterocycles. The Balaban J connectivity index is 1.82. The van der Waals surface area contributed by atoms with Crippen LogP contribution in [0.15, 0.2) is 42.5 Å². The molecule has 0 bridgehead atoms. The van der Waals surface area contributed by atoms with Gasteiger partial charge in [-0.05, 0) is 55.5 Å². The molecule has 2 aromatic carbocycles. The van der Waals surface area contributed by atoms with Crippen molar-refractivity contribution in [3.05, 3.63) is 53.6 Å². The molecule has 0 fully saturated rings. The predicted molar refractivity (Wildman–Crippen MR) is 94.7 cm³/mol. The summed E-state index contributed by atoms with van der Waals surface area (Å²) >= 11 is 0. The maximum absolute atomic E-state index is 6.00. The summed E-state index contributed by atoms with van der Waals surface area (Å²) in [5, 5.41) is 3.52. The van der Waals surface area contributed by atoms with Crippen LogP contribution in [-0.2, 0) is 12.8 Å². The van der Waals surface area contributed by atoms with E-state index in [0.717, 1.165) is 37.2 Å². The van der Waals surface area contributed by atoms with Crippen molar-refractivity contribution >= 4 is 11.4 Å². The summed E-state index contributed by atoms with van der Waals surface area (Å²) in [6.45, 7) is 5.75. The lowest BCUT2D eigenvalue weighted by Crippen LogP contribution is -2.05. The third-order valence-corrected chi connectivity index (χ3v) is 3.73. The van der Waals surface area contributed by atoms with Crippen molar-refractivity contribution in [3.8, 4) is 5.75 Å². The SMILES string of the molecule is CCOc1ccc(CCCNc2ccccc2CC)cc1N. The van der Waals surface area contributed by atoms with E-state index in [9.17, 15) is 0 Å². The number of benzene rings is 2. The van der Waals surface area contributed by atoms with Crippen molar-refractivity contribution in [2.75, 3.05) is 24.2 Å². The molecule has 3 heteroatoms. The summed E-state index contributed by atoms with van der Waals surface area (Å²) in [5.74, 6) is 0.779. The van der Waals surface area contributed by atoms with Gasteiger partial charge in [0.2, 0.25) is 0 Å². The second-order valence-corrected chi connectivity index (χ2v) is 5.35. The number of nitrogens with two attached hydrogens (primary N) is 1. The summed E-state index contributed by atoms with van der Waals surface area (Å²) in [5.41, 5.74) is 10.6. The van der Waals surface area contributed by atoms with Crippen molar-refractivity contribution < 1.29 is 4.74 Å². The molecule has 0 aliphatic carbocycles. The van der Waals surface area contributed by atoms with Crippen LogP contribution in [-0.4, -0.2) is 13.2 Å². The van der Waals surface area contributed by atoms with Gasteiger partial charge in [-0.15, -0.1) is 0 Å². The molecule has 118 valence electrons. The Morgan fingerprint density at radius 1 is 1.09 bits per heavy atom. The van der Waals surface area contributed by atoms with Gasteiger partial charge >= 0.3 is 0 Å². The van der Waals surface area contributed by atoms with Crippen molar-refractivity contribution in [2.24, 2.45) is 0 Å². The number of para-hydroxylation sites is 1. The van der Waals surface area contributed by atoms with E-state index in [1.54, 1.807) is 0 Å². The normalized spacial score (nSPS) is 10.5. The lowest BCUT2D eigenvalue weighted by atomic mass is 10.1. The van der Waals surface area contributed by atoms with Gasteiger partial charge in [0, 0.05) is 12.2 Å². The number of anilines is 2. The number of nitrogen functional groups attached to an aromatic ring is 1. The Morgan fingerprint density at radius 2 is 1.91 bits per heavy atom. The largest absolute Gasteiger partial charge is 0.492 e. The van der Waals surface area contributed by atoms with Crippen LogP contribution >= 0.6 is 0 Å². The average Bonchev–Trinajstić information content (AvgIpc) is 2.54. The predicted octanol–water partition coefficient (Wildman–Crippen LogP) is 4.27. The summed E-state index contributed by atoms with van der Waals surface area (Å²) in [6, 6.07) is 14.6. The third-order valence-electron chi connectivity index (χ3n) is 3.73. The molecule has 0 aliphatic rings. The highest BCUT2D eigenvalue weighted by Crippen LogP contribution is 2.23. The Labute approximate surface area is 133 Å². The van der Waals surface area contributed by atoms with E-state index in [0.29, 0.717) is 6.61 Å². The van der Waals surface area contributed by atoms with E-state index in [1.165, 1.54) is 16.8 Å². The molecule has 3 nitrogen and oxygen atoms in total. The average molecular weight is 298 g/mol. The molecule has 0 spiro atoms. The Kier molecular flexibility index (Phi) is 6.13. The molecular formula is C19H26N2O. The van der Waals surface area contributed by atoms with Crippen LogP contribution in [0.2, 0.25) is 0 Å². The Hall–Kier alpha value is -2.16. The zero-order chi connectivity index (χ0) is 15.8. The molecule has 0 radical (unpaired) electrons. The van der Waals surface area contributed by atoms with Crippen molar-refractivity contribution in [1.29, 1.82) is 0 Å². The van der Waals surface area contributed by atoms with Crippen LogP contribution in [0.3, 0.4) is 0 Å². The van der Waals surface area contributed by atoms with Gasteiger partial charge in [0.1, 0.15) is 5.75 Å². The standard InChI is InChI=1S/C19H26N2O/c1-3-16-9-5-6-10-18(16)21-13-7-8-15-11-12-19(22-4-2)17(20)14-15/h5-6,9-12,14,21H,3-4,7-8,13,20H2,1-2H3. The van der Waals surface area contributed by atoms with Crippen LogP contribution in [0.5, 0.6) is 5.75 Å². The van der Waals surface area contributed by atoms with E-state index >= 15 is 0 Å². The molecule has 2 rings (SSSR count). The first-order chi connectivity index (χ1) is 10.7. The highest BCUT2D eigenvalue weighted by molar-refractivity contribution is 5.54. The van der Waals surface area contributed by atoms with Gasteiger partial charge in [-0.1, -0.05) is 31.2 Å². The molecule has 0 heterocycles. The Morgan fingerprint density at radius 3 is 2.64 bits per heavy atom. The minimum Gasteiger partial charge on any atom is -0.492 e. The van der Waals surface area contributed by atoms with Gasteiger partial charge in [0.05, 0.1) is 12.3 Å². The number of ether oxygens (including phenoxy) is 1. The minimum atomic E-state index is 0.643. The molecule has 3 N–H and O–H groups in total. The number of rotatable bonds is 8. The summed E-state index contributed by atoms with van der Waals surface area (Å²) in [7, 11) is 0. The second kappa shape index (κ2) is 8.32. The van der Waals surface area contributed by atoms with Gasteiger partial charge in [-0.25, -0.2) is 0 Å². The van der Waals surface area contributed by atoms with E-state index in [2.05, 4.69) is 42.6 Å². The first-order valence-corrected chi connectivity index (χ1v) is 8.07. The van der Waals surface area contributed by atoms with Crippen LogP contribution < -0.4 is 15.8 Å². The van der Waals surface area contributed by atoms with Crippen LogP contribution in [0.1, 0.15) is 31.4 Å². The summed E-state index contributed by atoms with van der Waals surface area (Å²) in [4.78, 5) is 0. The van der Waals surface area contributed by atoms with Crippen LogP contribution in [0.25, 0.3) is 0 Å². The highest BCUT2D eigenvalue weighted by atomic mass is 16.5. The van der Waals surface area contributed by atoms with Gasteiger partial charge in [-0.2, -0.15) is 0 Å². The number of nitrogens with one attached hydrogen (secondary N) is 1. The fraction of sp³-hybridized carbons (Fsp3) is 0.368. The molecule has 0 saturated carbocycles.